The molecule has 3 nitrogen and oxygen atoms in total. The van der Waals surface area contributed by atoms with Gasteiger partial charge >= 0.3 is 0 Å². The first-order chi connectivity index (χ1) is 9.13. The second-order valence-corrected chi connectivity index (χ2v) is 6.42. The Labute approximate surface area is 130 Å². The number of halogens is 2. The van der Waals surface area contributed by atoms with Gasteiger partial charge in [0.25, 0.3) is 0 Å². The Morgan fingerprint density at radius 2 is 2.05 bits per heavy atom. The van der Waals surface area contributed by atoms with Crippen LogP contribution in [0.3, 0.4) is 0 Å². The first kappa shape index (κ1) is 15.0. The summed E-state index contributed by atoms with van der Waals surface area (Å²) in [7, 11) is 0. The van der Waals surface area contributed by atoms with Crippen molar-refractivity contribution >= 4 is 31.9 Å². The maximum Gasteiger partial charge on any atom is 0.134 e. The fourth-order valence-electron chi connectivity index (χ4n) is 2.46. The van der Waals surface area contributed by atoms with Crippen LogP contribution in [0.15, 0.2) is 33.7 Å². The maximum absolute atomic E-state index is 10.3. The van der Waals surface area contributed by atoms with Crippen LogP contribution in [0.5, 0.6) is 5.75 Å². The highest BCUT2D eigenvalue weighted by molar-refractivity contribution is 9.11. The molecule has 0 radical (unpaired) electrons. The van der Waals surface area contributed by atoms with Crippen molar-refractivity contribution in [3.8, 4) is 5.75 Å². The van der Waals surface area contributed by atoms with Gasteiger partial charge in [-0.25, -0.2) is 0 Å². The highest BCUT2D eigenvalue weighted by Crippen LogP contribution is 2.38. The number of rotatable bonds is 4. The molecule has 0 unspecified atom stereocenters. The monoisotopic (exact) mass is 388 g/mol. The van der Waals surface area contributed by atoms with Crippen molar-refractivity contribution in [2.75, 3.05) is 26.2 Å². The lowest BCUT2D eigenvalue weighted by atomic mass is 10.00. The first-order valence-electron chi connectivity index (χ1n) is 6.37. The summed E-state index contributed by atoms with van der Waals surface area (Å²) in [6, 6.07) is 4.03. The van der Waals surface area contributed by atoms with E-state index in [-0.39, 0.29) is 6.04 Å². The van der Waals surface area contributed by atoms with Crippen molar-refractivity contribution in [1.29, 1.82) is 0 Å². The molecule has 5 heteroatoms. The first-order valence-corrected chi connectivity index (χ1v) is 7.95. The molecule has 2 N–H and O–H groups in total. The predicted molar refractivity (Wildman–Crippen MR) is 85.5 cm³/mol. The molecule has 1 atom stereocenters. The van der Waals surface area contributed by atoms with Crippen LogP contribution in [0.1, 0.15) is 18.0 Å². The quantitative estimate of drug-likeness (QED) is 0.774. The molecule has 0 amide bonds. The van der Waals surface area contributed by atoms with E-state index in [1.165, 1.54) is 0 Å². The van der Waals surface area contributed by atoms with Gasteiger partial charge in [0.05, 0.1) is 4.47 Å². The third-order valence-corrected chi connectivity index (χ3v) is 4.46. The summed E-state index contributed by atoms with van der Waals surface area (Å²) in [5.74, 6) is 0.327. The van der Waals surface area contributed by atoms with Gasteiger partial charge in [0, 0.05) is 42.3 Å². The molecule has 2 rings (SSSR count). The Bertz CT molecular complexity index is 459. The van der Waals surface area contributed by atoms with Crippen molar-refractivity contribution in [3.63, 3.8) is 0 Å². The number of phenolic OH excluding ortho intramolecular Hbond substituents is 1. The van der Waals surface area contributed by atoms with Crippen molar-refractivity contribution in [2.24, 2.45) is 0 Å². The number of aromatic hydroxyl groups is 1. The zero-order chi connectivity index (χ0) is 13.8. The fourth-order valence-corrected chi connectivity index (χ4v) is 3.72. The maximum atomic E-state index is 10.3. The van der Waals surface area contributed by atoms with E-state index in [2.05, 4.69) is 48.7 Å². The van der Waals surface area contributed by atoms with Gasteiger partial charge in [-0.3, -0.25) is 4.90 Å². The van der Waals surface area contributed by atoms with Gasteiger partial charge in [-0.2, -0.15) is 0 Å². The number of hydrogen-bond donors (Lipinski definition) is 2. The minimum absolute atomic E-state index is 0.174. The Kier molecular flexibility index (Phi) is 5.45. The molecule has 1 aliphatic rings. The van der Waals surface area contributed by atoms with Crippen LogP contribution >= 0.6 is 31.9 Å². The van der Waals surface area contributed by atoms with E-state index in [0.29, 0.717) is 5.75 Å². The molecule has 104 valence electrons. The second-order valence-electron chi connectivity index (χ2n) is 4.65. The Balaban J connectivity index is 2.34. The van der Waals surface area contributed by atoms with Crippen LogP contribution in [-0.2, 0) is 0 Å². The number of nitrogens with zero attached hydrogens (tertiary/aromatic N) is 1. The minimum Gasteiger partial charge on any atom is -0.506 e. The number of hydrogen-bond acceptors (Lipinski definition) is 3. The molecule has 0 aromatic heterocycles. The van der Waals surface area contributed by atoms with Gasteiger partial charge in [-0.05, 0) is 34.5 Å². The van der Waals surface area contributed by atoms with Crippen LogP contribution in [0, 0.1) is 0 Å². The van der Waals surface area contributed by atoms with E-state index < -0.39 is 0 Å². The van der Waals surface area contributed by atoms with Gasteiger partial charge in [0.2, 0.25) is 0 Å². The smallest absolute Gasteiger partial charge is 0.134 e. The summed E-state index contributed by atoms with van der Waals surface area (Å²) in [5.41, 5.74) is 0.947. The van der Waals surface area contributed by atoms with Gasteiger partial charge in [-0.15, -0.1) is 6.58 Å². The highest BCUT2D eigenvalue weighted by Gasteiger charge is 2.24. The lowest BCUT2D eigenvalue weighted by Gasteiger charge is -2.35. The number of piperazine rings is 1. The van der Waals surface area contributed by atoms with Crippen LogP contribution in [-0.4, -0.2) is 36.2 Å². The molecule has 0 aliphatic carbocycles. The van der Waals surface area contributed by atoms with Gasteiger partial charge < -0.3 is 10.4 Å². The highest BCUT2D eigenvalue weighted by atomic mass is 79.9. The Morgan fingerprint density at radius 1 is 1.37 bits per heavy atom. The molecule has 0 saturated carbocycles. The summed E-state index contributed by atoms with van der Waals surface area (Å²) >= 11 is 6.90. The molecule has 1 fully saturated rings. The largest absolute Gasteiger partial charge is 0.506 e. The minimum atomic E-state index is 0.174. The molecular formula is C14H18Br2N2O. The average molecular weight is 390 g/mol. The molecule has 1 saturated heterocycles. The molecule has 1 heterocycles. The second kappa shape index (κ2) is 6.88. The van der Waals surface area contributed by atoms with Gasteiger partial charge in [0.15, 0.2) is 0 Å². The lowest BCUT2D eigenvalue weighted by molar-refractivity contribution is 0.172. The van der Waals surface area contributed by atoms with Gasteiger partial charge in [-0.1, -0.05) is 22.0 Å². The topological polar surface area (TPSA) is 35.5 Å². The molecule has 1 aliphatic heterocycles. The summed E-state index contributed by atoms with van der Waals surface area (Å²) in [6.45, 7) is 7.80. The average Bonchev–Trinajstić information content (AvgIpc) is 2.41. The van der Waals surface area contributed by atoms with Crippen LogP contribution in [0.25, 0.3) is 0 Å². The van der Waals surface area contributed by atoms with Crippen LogP contribution in [0.4, 0.5) is 0 Å². The van der Waals surface area contributed by atoms with E-state index in [1.54, 1.807) is 0 Å². The molecule has 19 heavy (non-hydrogen) atoms. The summed E-state index contributed by atoms with van der Waals surface area (Å²) in [5, 5.41) is 13.7. The van der Waals surface area contributed by atoms with E-state index in [0.717, 1.165) is 47.1 Å². The van der Waals surface area contributed by atoms with Crippen LogP contribution < -0.4 is 5.32 Å². The van der Waals surface area contributed by atoms with Crippen LogP contribution in [0.2, 0.25) is 0 Å². The summed E-state index contributed by atoms with van der Waals surface area (Å²) in [4.78, 5) is 2.39. The molecule has 0 bridgehead atoms. The number of phenols is 1. The fraction of sp³-hybridized carbons (Fsp3) is 0.429. The SMILES string of the molecule is C=CC[C@H](c1cc(Br)cc(Br)c1O)N1CCNCC1. The predicted octanol–water partition coefficient (Wildman–Crippen LogP) is 3.44. The van der Waals surface area contributed by atoms with E-state index in [1.807, 2.05) is 18.2 Å². The van der Waals surface area contributed by atoms with Crippen molar-refractivity contribution in [1.82, 2.24) is 10.2 Å². The van der Waals surface area contributed by atoms with E-state index >= 15 is 0 Å². The van der Waals surface area contributed by atoms with E-state index in [9.17, 15) is 5.11 Å². The molecule has 1 aromatic carbocycles. The third kappa shape index (κ3) is 3.60. The zero-order valence-electron chi connectivity index (χ0n) is 10.7. The molecular weight excluding hydrogens is 372 g/mol. The normalized spacial score (nSPS) is 18.2. The van der Waals surface area contributed by atoms with Crippen molar-refractivity contribution in [2.45, 2.75) is 12.5 Å². The number of nitrogens with one attached hydrogen (secondary N) is 1. The van der Waals surface area contributed by atoms with Crippen molar-refractivity contribution in [3.05, 3.63) is 39.3 Å². The van der Waals surface area contributed by atoms with Gasteiger partial charge in [0.1, 0.15) is 5.75 Å². The third-order valence-electron chi connectivity index (χ3n) is 3.40. The standard InChI is InChI=1S/C14H18Br2N2O/c1-2-3-13(18-6-4-17-5-7-18)11-8-10(15)9-12(16)14(11)19/h2,8-9,13,17,19H,1,3-7H2/t13-/m1/s1. The van der Waals surface area contributed by atoms with Crippen molar-refractivity contribution < 1.29 is 5.11 Å². The summed E-state index contributed by atoms with van der Waals surface area (Å²) in [6.07, 6.45) is 2.75. The van der Waals surface area contributed by atoms with E-state index in [4.69, 9.17) is 0 Å². The number of benzene rings is 1. The summed E-state index contributed by atoms with van der Waals surface area (Å²) < 4.78 is 1.69. The molecule has 1 aromatic rings. The Morgan fingerprint density at radius 3 is 2.68 bits per heavy atom. The zero-order valence-corrected chi connectivity index (χ0v) is 13.9. The lowest BCUT2D eigenvalue weighted by Crippen LogP contribution is -2.45. The Hall–Kier alpha value is -0.360. The molecule has 0 spiro atoms.